The Morgan fingerprint density at radius 2 is 1.62 bits per heavy atom. The van der Waals surface area contributed by atoms with Gasteiger partial charge in [-0.15, -0.1) is 0 Å². The van der Waals surface area contributed by atoms with Crippen molar-refractivity contribution in [2.45, 2.75) is 42.9 Å². The van der Waals surface area contributed by atoms with Crippen LogP contribution < -0.4 is 4.18 Å². The van der Waals surface area contributed by atoms with Gasteiger partial charge in [0.15, 0.2) is 5.75 Å². The van der Waals surface area contributed by atoms with Gasteiger partial charge >= 0.3 is 10.1 Å². The highest BCUT2D eigenvalue weighted by molar-refractivity contribution is 7.87. The zero-order valence-corrected chi connectivity index (χ0v) is 15.3. The molecule has 0 bridgehead atoms. The van der Waals surface area contributed by atoms with E-state index in [1.54, 1.807) is 30.5 Å². The van der Waals surface area contributed by atoms with Crippen LogP contribution in [0.1, 0.15) is 43.6 Å². The van der Waals surface area contributed by atoms with Crippen LogP contribution in [0.4, 0.5) is 0 Å². The molecule has 1 saturated carbocycles. The molecule has 26 heavy (non-hydrogen) atoms. The highest BCUT2D eigenvalue weighted by Gasteiger charge is 2.20. The summed E-state index contributed by atoms with van der Waals surface area (Å²) in [4.78, 5) is 4.42. The zero-order valence-electron chi connectivity index (χ0n) is 14.5. The molecule has 1 fully saturated rings. The molecule has 134 valence electrons. The summed E-state index contributed by atoms with van der Waals surface area (Å²) < 4.78 is 30.8. The molecule has 5 heteroatoms. The van der Waals surface area contributed by atoms with Crippen LogP contribution in [0, 0.1) is 0 Å². The number of hydrogen-bond donors (Lipinski definition) is 0. The molecule has 0 spiro atoms. The fourth-order valence-corrected chi connectivity index (χ4v) is 4.59. The van der Waals surface area contributed by atoms with E-state index in [-0.39, 0.29) is 10.6 Å². The van der Waals surface area contributed by atoms with E-state index in [4.69, 9.17) is 4.18 Å². The molecule has 1 aromatic heterocycles. The molecule has 2 aromatic carbocycles. The van der Waals surface area contributed by atoms with Gasteiger partial charge in [0.2, 0.25) is 0 Å². The molecule has 0 radical (unpaired) electrons. The Morgan fingerprint density at radius 1 is 0.885 bits per heavy atom. The second-order valence-corrected chi connectivity index (χ2v) is 8.32. The van der Waals surface area contributed by atoms with Gasteiger partial charge in [0.1, 0.15) is 10.4 Å². The Hall–Kier alpha value is -2.40. The standard InChI is InChI=1S/C21H21NO3S/c23-26(24,25-20-10-4-8-18-9-5-15-22-21(18)20)19-13-11-17(12-14-19)16-6-2-1-3-7-16/h4-5,8-16H,1-3,6-7H2. The van der Waals surface area contributed by atoms with Crippen molar-refractivity contribution in [1.82, 2.24) is 4.98 Å². The summed E-state index contributed by atoms with van der Waals surface area (Å²) >= 11 is 0. The molecule has 0 N–H and O–H groups in total. The van der Waals surface area contributed by atoms with E-state index in [0.717, 1.165) is 5.39 Å². The van der Waals surface area contributed by atoms with Crippen molar-refractivity contribution in [3.63, 3.8) is 0 Å². The molecule has 4 nitrogen and oxygen atoms in total. The summed E-state index contributed by atoms with van der Waals surface area (Å²) in [5.41, 5.74) is 1.76. The molecule has 1 heterocycles. The minimum Gasteiger partial charge on any atom is -0.377 e. The predicted octanol–water partition coefficient (Wildman–Crippen LogP) is 5.05. The molecule has 1 aliphatic rings. The number of benzene rings is 2. The van der Waals surface area contributed by atoms with Gasteiger partial charge in [0.05, 0.1) is 0 Å². The third-order valence-corrected chi connectivity index (χ3v) is 6.29. The van der Waals surface area contributed by atoms with Crippen molar-refractivity contribution in [2.24, 2.45) is 0 Å². The number of pyridine rings is 1. The number of aromatic nitrogens is 1. The summed E-state index contributed by atoms with van der Waals surface area (Å²) in [5, 5.41) is 0.841. The van der Waals surface area contributed by atoms with Crippen LogP contribution in [-0.4, -0.2) is 13.4 Å². The van der Waals surface area contributed by atoms with Gasteiger partial charge in [-0.05, 0) is 48.6 Å². The maximum atomic E-state index is 12.7. The van der Waals surface area contributed by atoms with Crippen molar-refractivity contribution < 1.29 is 12.6 Å². The van der Waals surface area contributed by atoms with Crippen molar-refractivity contribution in [1.29, 1.82) is 0 Å². The molecule has 1 aliphatic carbocycles. The molecule has 0 unspecified atom stereocenters. The van der Waals surface area contributed by atoms with E-state index in [9.17, 15) is 8.42 Å². The lowest BCUT2D eigenvalue weighted by atomic mass is 9.84. The quantitative estimate of drug-likeness (QED) is 0.606. The number of para-hydroxylation sites is 1. The van der Waals surface area contributed by atoms with Crippen LogP contribution in [0.5, 0.6) is 5.75 Å². The number of nitrogens with zero attached hydrogens (tertiary/aromatic N) is 1. The van der Waals surface area contributed by atoms with E-state index in [1.807, 2.05) is 30.3 Å². The van der Waals surface area contributed by atoms with Crippen LogP contribution >= 0.6 is 0 Å². The van der Waals surface area contributed by atoms with E-state index < -0.39 is 10.1 Å². The summed E-state index contributed by atoms with van der Waals surface area (Å²) in [6.07, 6.45) is 7.80. The Morgan fingerprint density at radius 3 is 2.38 bits per heavy atom. The Labute approximate surface area is 154 Å². The molecule has 0 atom stereocenters. The lowest BCUT2D eigenvalue weighted by Gasteiger charge is -2.22. The van der Waals surface area contributed by atoms with Crippen molar-refractivity contribution in [2.75, 3.05) is 0 Å². The Balaban J connectivity index is 1.60. The summed E-state index contributed by atoms with van der Waals surface area (Å²) in [7, 11) is -3.89. The van der Waals surface area contributed by atoms with E-state index in [0.29, 0.717) is 11.4 Å². The second-order valence-electron chi connectivity index (χ2n) is 6.77. The summed E-state index contributed by atoms with van der Waals surface area (Å²) in [6.45, 7) is 0. The largest absolute Gasteiger partial charge is 0.377 e. The minimum absolute atomic E-state index is 0.171. The van der Waals surface area contributed by atoms with Gasteiger partial charge in [0.25, 0.3) is 0 Å². The summed E-state index contributed by atoms with van der Waals surface area (Å²) in [6, 6.07) is 16.1. The lowest BCUT2D eigenvalue weighted by molar-refractivity contribution is 0.443. The SMILES string of the molecule is O=S(=O)(Oc1cccc2cccnc12)c1ccc(C2CCCCC2)cc1. The fraction of sp³-hybridized carbons (Fsp3) is 0.286. The van der Waals surface area contributed by atoms with Crippen LogP contribution in [-0.2, 0) is 10.1 Å². The highest BCUT2D eigenvalue weighted by atomic mass is 32.2. The monoisotopic (exact) mass is 367 g/mol. The van der Waals surface area contributed by atoms with E-state index >= 15 is 0 Å². The van der Waals surface area contributed by atoms with E-state index in [1.165, 1.54) is 37.7 Å². The van der Waals surface area contributed by atoms with Gasteiger partial charge in [-0.2, -0.15) is 8.42 Å². The van der Waals surface area contributed by atoms with Crippen molar-refractivity contribution in [3.8, 4) is 5.75 Å². The van der Waals surface area contributed by atoms with Crippen LogP contribution in [0.3, 0.4) is 0 Å². The topological polar surface area (TPSA) is 56.3 Å². The van der Waals surface area contributed by atoms with Gasteiger partial charge in [-0.3, -0.25) is 4.98 Å². The van der Waals surface area contributed by atoms with Gasteiger partial charge in [0, 0.05) is 11.6 Å². The second kappa shape index (κ2) is 7.08. The predicted molar refractivity (Wildman–Crippen MR) is 102 cm³/mol. The lowest BCUT2D eigenvalue weighted by Crippen LogP contribution is -2.11. The molecular weight excluding hydrogens is 346 g/mol. The molecular formula is C21H21NO3S. The minimum atomic E-state index is -3.89. The first-order valence-electron chi connectivity index (χ1n) is 9.02. The smallest absolute Gasteiger partial charge is 0.339 e. The maximum absolute atomic E-state index is 12.7. The first kappa shape index (κ1) is 17.0. The Bertz CT molecular complexity index is 1000. The molecule has 4 rings (SSSR count). The first-order chi connectivity index (χ1) is 12.6. The van der Waals surface area contributed by atoms with Crippen LogP contribution in [0.2, 0.25) is 0 Å². The maximum Gasteiger partial charge on any atom is 0.339 e. The average Bonchev–Trinajstić information content (AvgIpc) is 2.69. The number of hydrogen-bond acceptors (Lipinski definition) is 4. The highest BCUT2D eigenvalue weighted by Crippen LogP contribution is 2.33. The van der Waals surface area contributed by atoms with Crippen molar-refractivity contribution >= 4 is 21.0 Å². The Kier molecular flexibility index (Phi) is 4.64. The van der Waals surface area contributed by atoms with Crippen LogP contribution in [0.25, 0.3) is 10.9 Å². The van der Waals surface area contributed by atoms with Crippen molar-refractivity contribution in [3.05, 3.63) is 66.4 Å². The van der Waals surface area contributed by atoms with Gasteiger partial charge in [-0.25, -0.2) is 0 Å². The number of fused-ring (bicyclic) bond motifs is 1. The number of rotatable bonds is 4. The van der Waals surface area contributed by atoms with Gasteiger partial charge in [-0.1, -0.05) is 49.6 Å². The average molecular weight is 367 g/mol. The first-order valence-corrected chi connectivity index (χ1v) is 10.4. The third-order valence-electron chi connectivity index (χ3n) is 5.04. The molecule has 0 amide bonds. The normalized spacial score (nSPS) is 15.8. The fourth-order valence-electron chi connectivity index (χ4n) is 3.65. The molecule has 0 aliphatic heterocycles. The van der Waals surface area contributed by atoms with Crippen LogP contribution in [0.15, 0.2) is 65.7 Å². The van der Waals surface area contributed by atoms with Gasteiger partial charge < -0.3 is 4.18 Å². The zero-order chi connectivity index (χ0) is 18.0. The molecule has 0 saturated heterocycles. The third kappa shape index (κ3) is 3.44. The molecule has 3 aromatic rings. The summed E-state index contributed by atoms with van der Waals surface area (Å²) in [5.74, 6) is 0.795. The van der Waals surface area contributed by atoms with E-state index in [2.05, 4.69) is 4.98 Å².